The van der Waals surface area contributed by atoms with Crippen LogP contribution in [0.15, 0.2) is 36.4 Å². The van der Waals surface area contributed by atoms with Crippen molar-refractivity contribution in [3.8, 4) is 23.3 Å². The van der Waals surface area contributed by atoms with Gasteiger partial charge in [0.15, 0.2) is 11.5 Å². The Morgan fingerprint density at radius 2 is 1.00 bits per heavy atom. The highest BCUT2D eigenvalue weighted by Gasteiger charge is 2.31. The van der Waals surface area contributed by atoms with Gasteiger partial charge in [-0.15, -0.1) is 0 Å². The third-order valence-electron chi connectivity index (χ3n) is 11.1. The minimum absolute atomic E-state index is 0.135. The standard InChI is InChI=1S/2C21H26FN3O2/c2*1-13-11-17(20(22)14(2)23-13)16-5-4-8-25(12-16)15(3)18-6-7-19-21(24-18)27-10-9-26-19/h2*6-7,11,15-16H,4-5,8-10,12H2,1-3H3/t15-,16?;/m1./s1. The molecule has 3 unspecified atom stereocenters. The van der Waals surface area contributed by atoms with Crippen molar-refractivity contribution in [2.45, 2.75) is 91.1 Å². The molecule has 8 heterocycles. The lowest BCUT2D eigenvalue weighted by atomic mass is 9.89. The van der Waals surface area contributed by atoms with E-state index < -0.39 is 0 Å². The van der Waals surface area contributed by atoms with Gasteiger partial charge in [-0.25, -0.2) is 18.7 Å². The summed E-state index contributed by atoms with van der Waals surface area (Å²) in [6.07, 6.45) is 4.08. The predicted octanol–water partition coefficient (Wildman–Crippen LogP) is 7.89. The van der Waals surface area contributed by atoms with Crippen LogP contribution >= 0.6 is 0 Å². The van der Waals surface area contributed by atoms with Gasteiger partial charge in [0.1, 0.15) is 38.1 Å². The number of nitrogens with zero attached hydrogens (tertiary/aromatic N) is 6. The maximum atomic E-state index is 14.7. The van der Waals surface area contributed by atoms with Crippen LogP contribution in [0.3, 0.4) is 0 Å². The molecule has 0 aromatic carbocycles. The van der Waals surface area contributed by atoms with Gasteiger partial charge >= 0.3 is 0 Å². The van der Waals surface area contributed by atoms with E-state index in [0.717, 1.165) is 85.8 Å². The van der Waals surface area contributed by atoms with Crippen LogP contribution in [0.1, 0.15) is 109 Å². The maximum absolute atomic E-state index is 14.7. The molecule has 4 aliphatic heterocycles. The molecule has 12 heteroatoms. The number of rotatable bonds is 6. The molecule has 288 valence electrons. The van der Waals surface area contributed by atoms with Gasteiger partial charge in [0.05, 0.1) is 22.8 Å². The van der Waals surface area contributed by atoms with Crippen LogP contribution in [0.4, 0.5) is 8.78 Å². The van der Waals surface area contributed by atoms with Crippen molar-refractivity contribution < 1.29 is 27.7 Å². The number of aryl methyl sites for hydroxylation is 4. The second-order valence-corrected chi connectivity index (χ2v) is 15.0. The Kier molecular flexibility index (Phi) is 11.6. The summed E-state index contributed by atoms with van der Waals surface area (Å²) in [7, 11) is 0. The summed E-state index contributed by atoms with van der Waals surface area (Å²) >= 11 is 0. The highest BCUT2D eigenvalue weighted by molar-refractivity contribution is 5.38. The van der Waals surface area contributed by atoms with Crippen molar-refractivity contribution in [2.24, 2.45) is 0 Å². The topological polar surface area (TPSA) is 95.0 Å². The second kappa shape index (κ2) is 16.5. The van der Waals surface area contributed by atoms with Gasteiger partial charge < -0.3 is 18.9 Å². The maximum Gasteiger partial charge on any atom is 0.257 e. The number of pyridine rings is 4. The molecule has 4 aromatic heterocycles. The van der Waals surface area contributed by atoms with Crippen LogP contribution in [0, 0.1) is 39.3 Å². The van der Waals surface area contributed by atoms with Gasteiger partial charge in [-0.3, -0.25) is 19.8 Å². The summed E-state index contributed by atoms with van der Waals surface area (Å²) in [6, 6.07) is 12.0. The summed E-state index contributed by atoms with van der Waals surface area (Å²) in [4.78, 5) is 22.6. The van der Waals surface area contributed by atoms with E-state index in [4.69, 9.17) is 18.9 Å². The average molecular weight is 743 g/mol. The van der Waals surface area contributed by atoms with E-state index in [2.05, 4.69) is 43.6 Å². The Labute approximate surface area is 317 Å². The van der Waals surface area contributed by atoms with Crippen LogP contribution in [0.25, 0.3) is 0 Å². The van der Waals surface area contributed by atoms with E-state index in [-0.39, 0.29) is 35.6 Å². The monoisotopic (exact) mass is 742 g/mol. The quantitative estimate of drug-likeness (QED) is 0.194. The van der Waals surface area contributed by atoms with Crippen LogP contribution in [0.2, 0.25) is 0 Å². The zero-order chi connectivity index (χ0) is 37.9. The van der Waals surface area contributed by atoms with Gasteiger partial charge in [0.2, 0.25) is 0 Å². The van der Waals surface area contributed by atoms with E-state index in [1.807, 2.05) is 50.2 Å². The molecule has 0 amide bonds. The molecule has 4 aromatic rings. The third-order valence-corrected chi connectivity index (χ3v) is 11.1. The molecule has 4 aliphatic rings. The molecule has 54 heavy (non-hydrogen) atoms. The Bertz CT molecular complexity index is 1820. The molecule has 2 saturated heterocycles. The van der Waals surface area contributed by atoms with Crippen molar-refractivity contribution in [1.29, 1.82) is 0 Å². The van der Waals surface area contributed by atoms with E-state index >= 15 is 0 Å². The van der Waals surface area contributed by atoms with Crippen molar-refractivity contribution in [3.63, 3.8) is 0 Å². The summed E-state index contributed by atoms with van der Waals surface area (Å²) in [5.74, 6) is 2.61. The minimum atomic E-state index is -0.155. The number of halogens is 2. The minimum Gasteiger partial charge on any atom is -0.484 e. The molecular weight excluding hydrogens is 690 g/mol. The fraction of sp³-hybridized carbons (Fsp3) is 0.524. The summed E-state index contributed by atoms with van der Waals surface area (Å²) < 4.78 is 51.7. The second-order valence-electron chi connectivity index (χ2n) is 15.0. The van der Waals surface area contributed by atoms with Gasteiger partial charge in [-0.1, -0.05) is 0 Å². The summed E-state index contributed by atoms with van der Waals surface area (Å²) in [5.41, 5.74) is 6.25. The SMILES string of the molecule is Cc1cc(C2CCCN(C(C)c3ccc4c(n3)OCCO4)C2)c(F)c(C)n1.Cc1cc(C2CCCN([C@H](C)c3ccc4c(n3)OCCO4)C2)c(F)c(C)n1. The fourth-order valence-electron chi connectivity index (χ4n) is 8.23. The largest absolute Gasteiger partial charge is 0.484 e. The molecule has 0 spiro atoms. The van der Waals surface area contributed by atoms with Crippen LogP contribution in [0.5, 0.6) is 23.3 Å². The number of aromatic nitrogens is 4. The normalized spacial score (nSPS) is 21.1. The highest BCUT2D eigenvalue weighted by Crippen LogP contribution is 2.37. The van der Waals surface area contributed by atoms with Crippen molar-refractivity contribution in [1.82, 2.24) is 29.7 Å². The average Bonchev–Trinajstić information content (AvgIpc) is 3.20. The van der Waals surface area contributed by atoms with Crippen LogP contribution in [-0.2, 0) is 0 Å². The molecule has 8 rings (SSSR count). The molecular formula is C42H52F2N6O4. The van der Waals surface area contributed by atoms with E-state index in [9.17, 15) is 8.78 Å². The molecule has 0 bridgehead atoms. The third kappa shape index (κ3) is 8.29. The smallest absolute Gasteiger partial charge is 0.257 e. The van der Waals surface area contributed by atoms with Gasteiger partial charge in [-0.2, -0.15) is 0 Å². The lowest BCUT2D eigenvalue weighted by Crippen LogP contribution is -2.37. The molecule has 10 nitrogen and oxygen atoms in total. The number of piperidine rings is 2. The van der Waals surface area contributed by atoms with Crippen molar-refractivity contribution >= 4 is 0 Å². The Hall–Kier alpha value is -4.42. The number of likely N-dealkylation sites (tertiary alicyclic amines) is 2. The zero-order valence-corrected chi connectivity index (χ0v) is 32.3. The first-order valence-corrected chi connectivity index (χ1v) is 19.3. The number of hydrogen-bond donors (Lipinski definition) is 0. The molecule has 0 aliphatic carbocycles. The highest BCUT2D eigenvalue weighted by atomic mass is 19.1. The van der Waals surface area contributed by atoms with Gasteiger partial charge in [0, 0.05) is 36.6 Å². The number of ether oxygens (including phenoxy) is 4. The molecule has 0 saturated carbocycles. The molecule has 4 atom stereocenters. The summed E-state index contributed by atoms with van der Waals surface area (Å²) in [6.45, 7) is 17.4. The Morgan fingerprint density at radius 3 is 1.43 bits per heavy atom. The zero-order valence-electron chi connectivity index (χ0n) is 32.3. The first kappa shape index (κ1) is 37.9. The lowest BCUT2D eigenvalue weighted by Gasteiger charge is -2.37. The van der Waals surface area contributed by atoms with Crippen molar-refractivity contribution in [3.05, 3.63) is 93.3 Å². The van der Waals surface area contributed by atoms with Gasteiger partial charge in [0.25, 0.3) is 11.8 Å². The fourth-order valence-corrected chi connectivity index (χ4v) is 8.23. The molecule has 2 fully saturated rings. The first-order valence-electron chi connectivity index (χ1n) is 19.3. The summed E-state index contributed by atoms with van der Waals surface area (Å²) in [5, 5.41) is 0. The molecule has 0 N–H and O–H groups in total. The Balaban J connectivity index is 0.000000167. The van der Waals surface area contributed by atoms with E-state index in [1.54, 1.807) is 13.8 Å². The lowest BCUT2D eigenvalue weighted by molar-refractivity contribution is 0.147. The predicted molar refractivity (Wildman–Crippen MR) is 202 cm³/mol. The van der Waals surface area contributed by atoms with Gasteiger partial charge in [-0.05, 0) is 140 Å². The van der Waals surface area contributed by atoms with Crippen molar-refractivity contribution in [2.75, 3.05) is 52.6 Å². The van der Waals surface area contributed by atoms with E-state index in [1.165, 1.54) is 0 Å². The van der Waals surface area contributed by atoms with Crippen LogP contribution < -0.4 is 18.9 Å². The first-order chi connectivity index (χ1) is 26.0. The van der Waals surface area contributed by atoms with Crippen LogP contribution in [-0.4, -0.2) is 82.3 Å². The molecule has 0 radical (unpaired) electrons. The number of fused-ring (bicyclic) bond motifs is 2. The Morgan fingerprint density at radius 1 is 0.593 bits per heavy atom. The number of hydrogen-bond acceptors (Lipinski definition) is 10. The van der Waals surface area contributed by atoms with E-state index in [0.29, 0.717) is 61.1 Å².